The Morgan fingerprint density at radius 1 is 1.00 bits per heavy atom. The van der Waals surface area contributed by atoms with Gasteiger partial charge in [0.05, 0.1) is 25.7 Å². The number of esters is 1. The van der Waals surface area contributed by atoms with E-state index in [9.17, 15) is 14.4 Å². The van der Waals surface area contributed by atoms with Crippen LogP contribution in [0.3, 0.4) is 0 Å². The topological polar surface area (TPSA) is 76.2 Å². The van der Waals surface area contributed by atoms with E-state index in [1.807, 2.05) is 0 Å². The van der Waals surface area contributed by atoms with Crippen LogP contribution in [0.25, 0.3) is 0 Å². The number of likely N-dealkylation sites (tertiary alicyclic amines) is 1. The Bertz CT molecular complexity index is 398. The number of carbonyl (C=O) groups excluding carboxylic acids is 3. The molecule has 2 aliphatic heterocycles. The van der Waals surface area contributed by atoms with Gasteiger partial charge in [0.1, 0.15) is 0 Å². The minimum absolute atomic E-state index is 0.160. The van der Waals surface area contributed by atoms with Crippen molar-refractivity contribution in [3.05, 3.63) is 0 Å². The first-order chi connectivity index (χ1) is 10.1. The summed E-state index contributed by atoms with van der Waals surface area (Å²) < 4.78 is 10.2. The fourth-order valence-corrected chi connectivity index (χ4v) is 2.62. The van der Waals surface area contributed by atoms with Crippen molar-refractivity contribution >= 4 is 17.8 Å². The molecule has 7 heteroatoms. The molecule has 0 unspecified atom stereocenters. The van der Waals surface area contributed by atoms with E-state index in [0.717, 1.165) is 0 Å². The van der Waals surface area contributed by atoms with E-state index in [4.69, 9.17) is 9.47 Å². The van der Waals surface area contributed by atoms with Gasteiger partial charge >= 0.3 is 17.8 Å². The number of rotatable bonds is 2. The highest BCUT2D eigenvalue weighted by molar-refractivity contribution is 6.34. The van der Waals surface area contributed by atoms with E-state index >= 15 is 0 Å². The van der Waals surface area contributed by atoms with Gasteiger partial charge in [-0.25, -0.2) is 0 Å². The molecule has 0 bridgehead atoms. The van der Waals surface area contributed by atoms with Crippen molar-refractivity contribution in [2.45, 2.75) is 19.8 Å². The normalized spacial score (nSPS) is 20.2. The van der Waals surface area contributed by atoms with Gasteiger partial charge in [-0.15, -0.1) is 0 Å². The molecule has 7 nitrogen and oxygen atoms in total. The molecule has 0 spiro atoms. The predicted octanol–water partition coefficient (Wildman–Crippen LogP) is -0.353. The summed E-state index contributed by atoms with van der Waals surface area (Å²) in [6.07, 6.45) is 1.11. The molecule has 2 heterocycles. The monoisotopic (exact) mass is 298 g/mol. The highest BCUT2D eigenvalue weighted by Crippen LogP contribution is 2.19. The number of carbonyl (C=O) groups is 3. The molecule has 118 valence electrons. The van der Waals surface area contributed by atoms with Crippen LogP contribution in [0.1, 0.15) is 19.8 Å². The minimum atomic E-state index is -0.473. The van der Waals surface area contributed by atoms with Gasteiger partial charge in [0.25, 0.3) is 0 Å². The lowest BCUT2D eigenvalue weighted by atomic mass is 9.97. The van der Waals surface area contributed by atoms with Crippen LogP contribution >= 0.6 is 0 Å². The summed E-state index contributed by atoms with van der Waals surface area (Å²) in [6.45, 7) is 4.88. The molecule has 0 saturated carbocycles. The number of hydrogen-bond acceptors (Lipinski definition) is 5. The highest BCUT2D eigenvalue weighted by Gasteiger charge is 2.33. The van der Waals surface area contributed by atoms with Gasteiger partial charge in [0, 0.05) is 26.2 Å². The summed E-state index contributed by atoms with van der Waals surface area (Å²) in [5, 5.41) is 0. The quantitative estimate of drug-likeness (QED) is 0.514. The number of amides is 2. The highest BCUT2D eigenvalue weighted by atomic mass is 16.5. The van der Waals surface area contributed by atoms with Crippen molar-refractivity contribution in [2.75, 3.05) is 46.0 Å². The first kappa shape index (κ1) is 15.8. The van der Waals surface area contributed by atoms with Gasteiger partial charge in [-0.2, -0.15) is 0 Å². The van der Waals surface area contributed by atoms with E-state index in [2.05, 4.69) is 0 Å². The number of hydrogen-bond donors (Lipinski definition) is 0. The number of ether oxygens (including phenoxy) is 2. The summed E-state index contributed by atoms with van der Waals surface area (Å²) in [5.41, 5.74) is 0. The Hall–Kier alpha value is -1.63. The lowest BCUT2D eigenvalue weighted by molar-refractivity contribution is -0.157. The first-order valence-electron chi connectivity index (χ1n) is 7.46. The maximum Gasteiger partial charge on any atom is 0.312 e. The Kier molecular flexibility index (Phi) is 5.55. The molecule has 21 heavy (non-hydrogen) atoms. The second kappa shape index (κ2) is 7.40. The SMILES string of the molecule is CCOC(=O)C1CCN(C(=O)C(=O)N2CCOCC2)CC1. The number of piperidine rings is 1. The van der Waals surface area contributed by atoms with Crippen LogP contribution in [-0.4, -0.2) is 73.6 Å². The summed E-state index contributed by atoms with van der Waals surface area (Å²) in [5.74, 6) is -1.30. The molecule has 2 saturated heterocycles. The van der Waals surface area contributed by atoms with E-state index in [-0.39, 0.29) is 11.9 Å². The third-order valence-electron chi connectivity index (χ3n) is 3.88. The molecule has 0 atom stereocenters. The van der Waals surface area contributed by atoms with E-state index in [1.165, 1.54) is 9.80 Å². The molecule has 0 aromatic carbocycles. The zero-order chi connectivity index (χ0) is 15.2. The zero-order valence-corrected chi connectivity index (χ0v) is 12.4. The van der Waals surface area contributed by atoms with Crippen LogP contribution in [0.4, 0.5) is 0 Å². The average molecular weight is 298 g/mol. The zero-order valence-electron chi connectivity index (χ0n) is 12.4. The Labute approximate surface area is 124 Å². The van der Waals surface area contributed by atoms with Crippen molar-refractivity contribution in [3.8, 4) is 0 Å². The molecule has 2 aliphatic rings. The maximum absolute atomic E-state index is 12.2. The van der Waals surface area contributed by atoms with Gasteiger partial charge in [0.2, 0.25) is 0 Å². The molecule has 0 aromatic heterocycles. The average Bonchev–Trinajstić information content (AvgIpc) is 2.54. The molecule has 2 amide bonds. The first-order valence-corrected chi connectivity index (χ1v) is 7.46. The molecule has 0 radical (unpaired) electrons. The maximum atomic E-state index is 12.2. The standard InChI is InChI=1S/C14H22N2O5/c1-2-21-14(19)11-3-5-15(6-4-11)12(17)13(18)16-7-9-20-10-8-16/h11H,2-10H2,1H3. The summed E-state index contributed by atoms with van der Waals surface area (Å²) in [4.78, 5) is 39.0. The van der Waals surface area contributed by atoms with Gasteiger partial charge in [0.15, 0.2) is 0 Å². The Balaban J connectivity index is 1.82. The lowest BCUT2D eigenvalue weighted by Crippen LogP contribution is -2.51. The van der Waals surface area contributed by atoms with Gasteiger partial charge in [-0.3, -0.25) is 14.4 Å². The minimum Gasteiger partial charge on any atom is -0.466 e. The fourth-order valence-electron chi connectivity index (χ4n) is 2.62. The summed E-state index contributed by atoms with van der Waals surface area (Å²) in [6, 6.07) is 0. The molecule has 0 aliphatic carbocycles. The van der Waals surface area contributed by atoms with Crippen LogP contribution in [0.5, 0.6) is 0 Å². The molecular formula is C14H22N2O5. The number of nitrogens with zero attached hydrogens (tertiary/aromatic N) is 2. The van der Waals surface area contributed by atoms with Crippen molar-refractivity contribution in [1.82, 2.24) is 9.80 Å². The van der Waals surface area contributed by atoms with Crippen LogP contribution < -0.4 is 0 Å². The van der Waals surface area contributed by atoms with Crippen LogP contribution in [0.15, 0.2) is 0 Å². The van der Waals surface area contributed by atoms with Crippen molar-refractivity contribution < 1.29 is 23.9 Å². The third kappa shape index (κ3) is 3.93. The lowest BCUT2D eigenvalue weighted by Gasteiger charge is -2.33. The van der Waals surface area contributed by atoms with Crippen LogP contribution in [0.2, 0.25) is 0 Å². The molecule has 2 rings (SSSR count). The predicted molar refractivity (Wildman–Crippen MR) is 73.3 cm³/mol. The summed E-state index contributed by atoms with van der Waals surface area (Å²) in [7, 11) is 0. The van der Waals surface area contributed by atoms with E-state index in [1.54, 1.807) is 6.92 Å². The summed E-state index contributed by atoms with van der Waals surface area (Å²) >= 11 is 0. The Morgan fingerprint density at radius 2 is 1.52 bits per heavy atom. The molecular weight excluding hydrogens is 276 g/mol. The van der Waals surface area contributed by atoms with Crippen molar-refractivity contribution in [2.24, 2.45) is 5.92 Å². The second-order valence-corrected chi connectivity index (χ2v) is 5.22. The van der Waals surface area contributed by atoms with E-state index in [0.29, 0.717) is 58.8 Å². The van der Waals surface area contributed by atoms with Crippen molar-refractivity contribution in [3.63, 3.8) is 0 Å². The fraction of sp³-hybridized carbons (Fsp3) is 0.786. The van der Waals surface area contributed by atoms with Gasteiger partial charge in [-0.05, 0) is 19.8 Å². The molecule has 0 aromatic rings. The van der Waals surface area contributed by atoms with Crippen LogP contribution in [0, 0.1) is 5.92 Å². The second-order valence-electron chi connectivity index (χ2n) is 5.22. The molecule has 0 N–H and O–H groups in total. The van der Waals surface area contributed by atoms with Gasteiger partial charge < -0.3 is 19.3 Å². The molecule has 2 fully saturated rings. The third-order valence-corrected chi connectivity index (χ3v) is 3.88. The largest absolute Gasteiger partial charge is 0.466 e. The van der Waals surface area contributed by atoms with E-state index < -0.39 is 11.8 Å². The van der Waals surface area contributed by atoms with Crippen molar-refractivity contribution in [1.29, 1.82) is 0 Å². The smallest absolute Gasteiger partial charge is 0.312 e. The number of morpholine rings is 1. The van der Waals surface area contributed by atoms with Gasteiger partial charge in [-0.1, -0.05) is 0 Å². The Morgan fingerprint density at radius 3 is 2.05 bits per heavy atom. The van der Waals surface area contributed by atoms with Crippen LogP contribution in [-0.2, 0) is 23.9 Å².